The van der Waals surface area contributed by atoms with Crippen molar-refractivity contribution in [2.75, 3.05) is 40.0 Å². The number of halogens is 2. The molecule has 4 nitrogen and oxygen atoms in total. The summed E-state index contributed by atoms with van der Waals surface area (Å²) in [5.74, 6) is 0.665. The minimum Gasteiger partial charge on any atom is -0.497 e. The van der Waals surface area contributed by atoms with Gasteiger partial charge in [0.15, 0.2) is 0 Å². The average molecular weight is 381 g/mol. The molecule has 26 heavy (non-hydrogen) atoms. The fraction of sp³-hybridized carbons (Fsp3) is 0.400. The summed E-state index contributed by atoms with van der Waals surface area (Å²) in [6.45, 7) is 4.67. The van der Waals surface area contributed by atoms with Crippen molar-refractivity contribution < 1.29 is 13.9 Å². The molecule has 142 valence electrons. The SMILES string of the molecule is COc1cccc(CNCC(c2cccc(F)c2)N2CCOCC2)c1.Cl. The molecule has 1 saturated heterocycles. The Morgan fingerprint density at radius 1 is 1.15 bits per heavy atom. The van der Waals surface area contributed by atoms with E-state index in [9.17, 15) is 4.39 Å². The number of rotatable bonds is 7. The van der Waals surface area contributed by atoms with Crippen molar-refractivity contribution in [1.29, 1.82) is 0 Å². The summed E-state index contributed by atoms with van der Waals surface area (Å²) < 4.78 is 24.4. The number of nitrogens with zero attached hydrogens (tertiary/aromatic N) is 1. The molecule has 3 rings (SSSR count). The van der Waals surface area contributed by atoms with Gasteiger partial charge in [-0.2, -0.15) is 0 Å². The zero-order valence-electron chi connectivity index (χ0n) is 15.0. The Balaban J connectivity index is 0.00000243. The fourth-order valence-corrected chi connectivity index (χ4v) is 3.20. The van der Waals surface area contributed by atoms with Gasteiger partial charge in [0.2, 0.25) is 0 Å². The molecule has 1 fully saturated rings. The molecule has 6 heteroatoms. The van der Waals surface area contributed by atoms with Crippen LogP contribution in [0.1, 0.15) is 17.2 Å². The molecular weight excluding hydrogens is 355 g/mol. The molecule has 0 amide bonds. The van der Waals surface area contributed by atoms with Crippen LogP contribution < -0.4 is 10.1 Å². The van der Waals surface area contributed by atoms with Gasteiger partial charge in [-0.15, -0.1) is 12.4 Å². The Morgan fingerprint density at radius 2 is 1.92 bits per heavy atom. The highest BCUT2D eigenvalue weighted by molar-refractivity contribution is 5.85. The largest absolute Gasteiger partial charge is 0.497 e. The number of morpholine rings is 1. The van der Waals surface area contributed by atoms with Crippen LogP contribution in [-0.2, 0) is 11.3 Å². The molecule has 0 saturated carbocycles. The summed E-state index contributed by atoms with van der Waals surface area (Å²) in [5, 5.41) is 3.51. The first-order valence-corrected chi connectivity index (χ1v) is 8.67. The standard InChI is InChI=1S/C20H25FN2O2.ClH/c1-24-19-7-2-4-16(12-19)14-22-15-20(23-8-10-25-11-9-23)17-5-3-6-18(21)13-17;/h2-7,12-13,20,22H,8-11,14-15H2,1H3;1H. The number of benzene rings is 2. The Morgan fingerprint density at radius 3 is 2.65 bits per heavy atom. The van der Waals surface area contributed by atoms with Gasteiger partial charge in [0, 0.05) is 32.2 Å². The third-order valence-corrected chi connectivity index (χ3v) is 4.52. The molecule has 2 aromatic rings. The van der Waals surface area contributed by atoms with Gasteiger partial charge in [0.25, 0.3) is 0 Å². The maximum atomic E-state index is 13.7. The lowest BCUT2D eigenvalue weighted by Crippen LogP contribution is -2.42. The van der Waals surface area contributed by atoms with E-state index in [1.54, 1.807) is 19.2 Å². The van der Waals surface area contributed by atoms with Crippen LogP contribution in [0.2, 0.25) is 0 Å². The first-order chi connectivity index (χ1) is 12.3. The van der Waals surface area contributed by atoms with E-state index in [1.807, 2.05) is 24.3 Å². The first kappa shape index (κ1) is 20.6. The van der Waals surface area contributed by atoms with Crippen molar-refractivity contribution in [1.82, 2.24) is 10.2 Å². The Bertz CT molecular complexity index is 680. The van der Waals surface area contributed by atoms with Gasteiger partial charge >= 0.3 is 0 Å². The van der Waals surface area contributed by atoms with E-state index in [1.165, 1.54) is 11.6 Å². The molecular formula is C20H26ClFN2O2. The molecule has 1 aliphatic heterocycles. The summed E-state index contributed by atoms with van der Waals surface area (Å²) in [5.41, 5.74) is 2.17. The van der Waals surface area contributed by atoms with E-state index in [2.05, 4.69) is 16.3 Å². The lowest BCUT2D eigenvalue weighted by molar-refractivity contribution is 0.0160. The average Bonchev–Trinajstić information content (AvgIpc) is 2.66. The smallest absolute Gasteiger partial charge is 0.123 e. The third kappa shape index (κ3) is 5.68. The zero-order valence-corrected chi connectivity index (χ0v) is 15.8. The van der Waals surface area contributed by atoms with Crippen molar-refractivity contribution in [3.63, 3.8) is 0 Å². The van der Waals surface area contributed by atoms with Crippen LogP contribution in [0.4, 0.5) is 4.39 Å². The van der Waals surface area contributed by atoms with E-state index >= 15 is 0 Å². The fourth-order valence-electron chi connectivity index (χ4n) is 3.20. The van der Waals surface area contributed by atoms with Crippen LogP contribution in [-0.4, -0.2) is 44.9 Å². The van der Waals surface area contributed by atoms with Crippen LogP contribution >= 0.6 is 12.4 Å². The highest BCUT2D eigenvalue weighted by Gasteiger charge is 2.22. The Hall–Kier alpha value is -1.66. The van der Waals surface area contributed by atoms with Crippen LogP contribution in [0.15, 0.2) is 48.5 Å². The van der Waals surface area contributed by atoms with Crippen molar-refractivity contribution in [2.24, 2.45) is 0 Å². The Labute approximate surface area is 160 Å². The number of hydrogen-bond acceptors (Lipinski definition) is 4. The number of ether oxygens (including phenoxy) is 2. The molecule has 0 aromatic heterocycles. The maximum Gasteiger partial charge on any atom is 0.123 e. The van der Waals surface area contributed by atoms with Gasteiger partial charge in [0.1, 0.15) is 11.6 Å². The summed E-state index contributed by atoms with van der Waals surface area (Å²) in [7, 11) is 1.67. The van der Waals surface area contributed by atoms with E-state index in [0.29, 0.717) is 0 Å². The second-order valence-corrected chi connectivity index (χ2v) is 6.20. The number of hydrogen-bond donors (Lipinski definition) is 1. The molecule has 0 aliphatic carbocycles. The van der Waals surface area contributed by atoms with Gasteiger partial charge in [0.05, 0.1) is 20.3 Å². The van der Waals surface area contributed by atoms with E-state index < -0.39 is 0 Å². The molecule has 1 atom stereocenters. The van der Waals surface area contributed by atoms with Gasteiger partial charge in [-0.1, -0.05) is 24.3 Å². The Kier molecular flexibility index (Phi) is 8.32. The molecule has 1 unspecified atom stereocenters. The van der Waals surface area contributed by atoms with Gasteiger partial charge in [-0.3, -0.25) is 4.90 Å². The summed E-state index contributed by atoms with van der Waals surface area (Å²) in [6, 6.07) is 15.0. The van der Waals surface area contributed by atoms with E-state index in [0.717, 1.165) is 50.7 Å². The first-order valence-electron chi connectivity index (χ1n) is 8.67. The molecule has 0 spiro atoms. The molecule has 0 bridgehead atoms. The van der Waals surface area contributed by atoms with Gasteiger partial charge < -0.3 is 14.8 Å². The molecule has 1 N–H and O–H groups in total. The monoisotopic (exact) mass is 380 g/mol. The van der Waals surface area contributed by atoms with Crippen LogP contribution in [0.25, 0.3) is 0 Å². The normalized spacial score (nSPS) is 15.9. The van der Waals surface area contributed by atoms with Gasteiger partial charge in [-0.25, -0.2) is 4.39 Å². The minimum atomic E-state index is -0.191. The van der Waals surface area contributed by atoms with E-state index in [4.69, 9.17) is 9.47 Å². The van der Waals surface area contributed by atoms with Crippen molar-refractivity contribution >= 4 is 12.4 Å². The lowest BCUT2D eigenvalue weighted by atomic mass is 10.0. The summed E-state index contributed by atoms with van der Waals surface area (Å²) in [6.07, 6.45) is 0. The molecule has 0 radical (unpaired) electrons. The van der Waals surface area contributed by atoms with Crippen molar-refractivity contribution in [3.05, 3.63) is 65.5 Å². The second kappa shape index (κ2) is 10.5. The van der Waals surface area contributed by atoms with Crippen LogP contribution in [0, 0.1) is 5.82 Å². The highest BCUT2D eigenvalue weighted by Crippen LogP contribution is 2.22. The quantitative estimate of drug-likeness (QED) is 0.798. The third-order valence-electron chi connectivity index (χ3n) is 4.52. The lowest BCUT2D eigenvalue weighted by Gasteiger charge is -2.35. The highest BCUT2D eigenvalue weighted by atomic mass is 35.5. The second-order valence-electron chi connectivity index (χ2n) is 6.20. The summed E-state index contributed by atoms with van der Waals surface area (Å²) >= 11 is 0. The number of methoxy groups -OCH3 is 1. The molecule has 1 aliphatic rings. The predicted octanol–water partition coefficient (Wildman–Crippen LogP) is 3.42. The topological polar surface area (TPSA) is 33.7 Å². The van der Waals surface area contributed by atoms with E-state index in [-0.39, 0.29) is 24.3 Å². The molecule has 1 heterocycles. The van der Waals surface area contributed by atoms with Gasteiger partial charge in [-0.05, 0) is 35.4 Å². The minimum absolute atomic E-state index is 0. The maximum absolute atomic E-state index is 13.7. The predicted molar refractivity (Wildman–Crippen MR) is 103 cm³/mol. The van der Waals surface area contributed by atoms with Crippen LogP contribution in [0.3, 0.4) is 0 Å². The van der Waals surface area contributed by atoms with Crippen molar-refractivity contribution in [3.8, 4) is 5.75 Å². The van der Waals surface area contributed by atoms with Crippen molar-refractivity contribution in [2.45, 2.75) is 12.6 Å². The van der Waals surface area contributed by atoms with Crippen LogP contribution in [0.5, 0.6) is 5.75 Å². The summed E-state index contributed by atoms with van der Waals surface area (Å²) in [4.78, 5) is 2.36. The zero-order chi connectivity index (χ0) is 17.5. The molecule has 2 aromatic carbocycles. The number of nitrogens with one attached hydrogen (secondary N) is 1.